The predicted molar refractivity (Wildman–Crippen MR) is 109 cm³/mol. The van der Waals surface area contributed by atoms with Crippen LogP contribution in [0, 0.1) is 0 Å². The lowest BCUT2D eigenvalue weighted by atomic mass is 9.98. The number of ether oxygens (including phenoxy) is 1. The van der Waals surface area contributed by atoms with Gasteiger partial charge < -0.3 is 9.84 Å². The molecule has 6 nitrogen and oxygen atoms in total. The van der Waals surface area contributed by atoms with Gasteiger partial charge in [0.25, 0.3) is 0 Å². The highest BCUT2D eigenvalue weighted by Crippen LogP contribution is 2.37. The van der Waals surface area contributed by atoms with E-state index in [0.29, 0.717) is 5.75 Å². The van der Waals surface area contributed by atoms with Gasteiger partial charge in [0.1, 0.15) is 11.2 Å². The van der Waals surface area contributed by atoms with E-state index in [2.05, 4.69) is 20.5 Å². The molecule has 0 saturated heterocycles. The molecule has 7 heteroatoms. The smallest absolute Gasteiger partial charge is 0.161 e. The fourth-order valence-electron chi connectivity index (χ4n) is 3.47. The number of aromatic hydroxyl groups is 1. The summed E-state index contributed by atoms with van der Waals surface area (Å²) in [4.78, 5) is 11.4. The molecule has 2 aromatic heterocycles. The highest BCUT2D eigenvalue weighted by Gasteiger charge is 2.18. The summed E-state index contributed by atoms with van der Waals surface area (Å²) in [6, 6.07) is 5.10. The minimum atomic E-state index is 0.108. The molecular weight excluding hydrogens is 360 g/mol. The van der Waals surface area contributed by atoms with Crippen LogP contribution in [0.4, 0.5) is 5.82 Å². The molecule has 3 aromatic rings. The maximum Gasteiger partial charge on any atom is 0.161 e. The molecule has 1 aromatic carbocycles. The van der Waals surface area contributed by atoms with Crippen LogP contribution in [-0.2, 0) is 12.8 Å². The Morgan fingerprint density at radius 3 is 2.89 bits per heavy atom. The zero-order chi connectivity index (χ0) is 18.6. The fraction of sp³-hybridized carbons (Fsp3) is 0.350. The molecule has 0 saturated carbocycles. The molecule has 2 N–H and O–H groups in total. The van der Waals surface area contributed by atoms with E-state index in [1.807, 2.05) is 0 Å². The van der Waals surface area contributed by atoms with Gasteiger partial charge in [0.15, 0.2) is 17.3 Å². The number of hydrogen-bond acceptors (Lipinski definition) is 7. The second kappa shape index (κ2) is 7.92. The summed E-state index contributed by atoms with van der Waals surface area (Å²) in [5.74, 6) is 1.28. The summed E-state index contributed by atoms with van der Waals surface area (Å²) in [7, 11) is 1.52. The number of aromatic nitrogens is 2. The van der Waals surface area contributed by atoms with Crippen molar-refractivity contribution >= 4 is 33.6 Å². The van der Waals surface area contributed by atoms with Crippen LogP contribution in [0.25, 0.3) is 10.2 Å². The average molecular weight is 382 g/mol. The molecular formula is C20H22N4O2S. The minimum Gasteiger partial charge on any atom is -0.504 e. The Balaban J connectivity index is 1.62. The third-order valence-corrected chi connectivity index (χ3v) is 6.04. The second-order valence-corrected chi connectivity index (χ2v) is 7.71. The number of hydrogen-bond donors (Lipinski definition) is 2. The molecule has 0 radical (unpaired) electrons. The Morgan fingerprint density at radius 2 is 2.04 bits per heavy atom. The molecule has 0 spiro atoms. The van der Waals surface area contributed by atoms with Gasteiger partial charge in [0.05, 0.1) is 18.7 Å². The van der Waals surface area contributed by atoms with Crippen molar-refractivity contribution in [1.29, 1.82) is 0 Å². The lowest BCUT2D eigenvalue weighted by molar-refractivity contribution is 0.373. The van der Waals surface area contributed by atoms with E-state index in [1.165, 1.54) is 43.2 Å². The zero-order valence-electron chi connectivity index (χ0n) is 15.2. The van der Waals surface area contributed by atoms with Crippen LogP contribution in [0.2, 0.25) is 0 Å². The molecule has 1 aliphatic rings. The molecule has 0 amide bonds. The Hall–Kier alpha value is -2.67. The Kier molecular flexibility index (Phi) is 5.20. The third kappa shape index (κ3) is 3.73. The van der Waals surface area contributed by atoms with Crippen molar-refractivity contribution in [2.75, 3.05) is 12.5 Å². The van der Waals surface area contributed by atoms with E-state index in [9.17, 15) is 5.11 Å². The van der Waals surface area contributed by atoms with Crippen molar-refractivity contribution in [3.8, 4) is 11.5 Å². The van der Waals surface area contributed by atoms with E-state index >= 15 is 0 Å². The van der Waals surface area contributed by atoms with E-state index in [-0.39, 0.29) is 5.75 Å². The number of methoxy groups -OCH3 is 1. The van der Waals surface area contributed by atoms with Crippen LogP contribution in [0.1, 0.15) is 41.7 Å². The third-order valence-electron chi connectivity index (χ3n) is 4.84. The number of phenolic OH excluding ortho intramolecular Hbond substituents is 1. The summed E-state index contributed by atoms with van der Waals surface area (Å²) in [5.41, 5.74) is 5.29. The van der Waals surface area contributed by atoms with Crippen molar-refractivity contribution in [2.45, 2.75) is 38.5 Å². The van der Waals surface area contributed by atoms with Crippen molar-refractivity contribution in [3.63, 3.8) is 0 Å². The van der Waals surface area contributed by atoms with Gasteiger partial charge in [-0.15, -0.1) is 11.3 Å². The first-order valence-corrected chi connectivity index (χ1v) is 9.99. The zero-order valence-corrected chi connectivity index (χ0v) is 16.1. The number of nitrogens with zero attached hydrogens (tertiary/aromatic N) is 3. The van der Waals surface area contributed by atoms with Gasteiger partial charge in [-0.25, -0.2) is 9.97 Å². The number of hydrazone groups is 1. The molecule has 0 bridgehead atoms. The number of fused-ring (bicyclic) bond motifs is 3. The lowest BCUT2D eigenvalue weighted by Gasteiger charge is -2.10. The van der Waals surface area contributed by atoms with E-state index in [1.54, 1.807) is 42.1 Å². The van der Waals surface area contributed by atoms with Gasteiger partial charge in [0, 0.05) is 4.88 Å². The van der Waals surface area contributed by atoms with Gasteiger partial charge >= 0.3 is 0 Å². The van der Waals surface area contributed by atoms with Crippen molar-refractivity contribution in [1.82, 2.24) is 9.97 Å². The minimum absolute atomic E-state index is 0.108. The molecule has 27 heavy (non-hydrogen) atoms. The molecule has 1 aliphatic carbocycles. The van der Waals surface area contributed by atoms with Crippen LogP contribution in [0.5, 0.6) is 11.5 Å². The molecule has 0 aliphatic heterocycles. The number of benzene rings is 1. The van der Waals surface area contributed by atoms with E-state index in [0.717, 1.165) is 34.4 Å². The Morgan fingerprint density at radius 1 is 1.19 bits per heavy atom. The maximum absolute atomic E-state index is 9.69. The summed E-state index contributed by atoms with van der Waals surface area (Å²) in [6.07, 6.45) is 10.5. The van der Waals surface area contributed by atoms with Crippen LogP contribution in [0.3, 0.4) is 0 Å². The molecule has 0 unspecified atom stereocenters. The summed E-state index contributed by atoms with van der Waals surface area (Å²) >= 11 is 1.79. The normalized spacial score (nSPS) is 14.7. The largest absolute Gasteiger partial charge is 0.504 e. The SMILES string of the molecule is COc1cc(/C=N/Nc2ncnc3sc4c(c23)CCCCCC4)ccc1O. The van der Waals surface area contributed by atoms with Gasteiger partial charge in [-0.05, 0) is 55.0 Å². The van der Waals surface area contributed by atoms with Gasteiger partial charge in [-0.2, -0.15) is 5.10 Å². The summed E-state index contributed by atoms with van der Waals surface area (Å²) in [6.45, 7) is 0. The Labute approximate surface area is 161 Å². The van der Waals surface area contributed by atoms with Crippen LogP contribution >= 0.6 is 11.3 Å². The standard InChI is InChI=1S/C20H22N4O2S/c1-26-16-10-13(8-9-15(16)25)11-23-24-19-18-14-6-4-2-3-5-7-17(14)27-20(18)22-12-21-19/h8-12,25H,2-7H2,1H3,(H,21,22,24)/b23-11+. The number of aryl methyl sites for hydroxylation is 2. The van der Waals surface area contributed by atoms with Crippen molar-refractivity contribution in [3.05, 3.63) is 40.5 Å². The molecule has 140 valence electrons. The number of rotatable bonds is 4. The van der Waals surface area contributed by atoms with Gasteiger partial charge in [0.2, 0.25) is 0 Å². The van der Waals surface area contributed by atoms with E-state index < -0.39 is 0 Å². The number of anilines is 1. The predicted octanol–water partition coefficient (Wildman–Crippen LogP) is 4.51. The quantitative estimate of drug-likeness (QED) is 0.513. The van der Waals surface area contributed by atoms with Crippen molar-refractivity contribution < 1.29 is 9.84 Å². The first-order valence-electron chi connectivity index (χ1n) is 9.17. The number of thiophene rings is 1. The number of phenols is 1. The molecule has 2 heterocycles. The monoisotopic (exact) mass is 382 g/mol. The lowest BCUT2D eigenvalue weighted by Crippen LogP contribution is -1.99. The van der Waals surface area contributed by atoms with E-state index in [4.69, 9.17) is 4.74 Å². The van der Waals surface area contributed by atoms with Gasteiger partial charge in [-0.1, -0.05) is 12.8 Å². The van der Waals surface area contributed by atoms with Crippen LogP contribution in [0.15, 0.2) is 29.6 Å². The molecule has 0 fully saturated rings. The maximum atomic E-state index is 9.69. The average Bonchev–Trinajstić information content (AvgIpc) is 3.00. The first kappa shape index (κ1) is 17.7. The highest BCUT2D eigenvalue weighted by atomic mass is 32.1. The molecule has 0 atom stereocenters. The summed E-state index contributed by atoms with van der Waals surface area (Å²) < 4.78 is 5.13. The first-order chi connectivity index (χ1) is 13.3. The van der Waals surface area contributed by atoms with Crippen molar-refractivity contribution in [2.24, 2.45) is 5.10 Å². The van der Waals surface area contributed by atoms with Crippen LogP contribution in [-0.4, -0.2) is 28.4 Å². The highest BCUT2D eigenvalue weighted by molar-refractivity contribution is 7.18. The summed E-state index contributed by atoms with van der Waals surface area (Å²) in [5, 5.41) is 15.1. The van der Waals surface area contributed by atoms with Gasteiger partial charge in [-0.3, -0.25) is 5.43 Å². The molecule has 4 rings (SSSR count). The fourth-order valence-corrected chi connectivity index (χ4v) is 4.70. The Bertz CT molecular complexity index is 984. The second-order valence-electron chi connectivity index (χ2n) is 6.62. The topological polar surface area (TPSA) is 79.6 Å². The van der Waals surface area contributed by atoms with Crippen LogP contribution < -0.4 is 10.2 Å². The number of nitrogens with one attached hydrogen (secondary N) is 1.